The van der Waals surface area contributed by atoms with Crippen molar-refractivity contribution in [3.8, 4) is 11.6 Å². The van der Waals surface area contributed by atoms with Crippen LogP contribution in [-0.2, 0) is 6.42 Å². The van der Waals surface area contributed by atoms with E-state index in [-0.39, 0.29) is 0 Å². The van der Waals surface area contributed by atoms with Gasteiger partial charge in [-0.3, -0.25) is 5.10 Å². The second-order valence-electron chi connectivity index (χ2n) is 3.92. The van der Waals surface area contributed by atoms with Gasteiger partial charge in [0.1, 0.15) is 12.1 Å². The first kappa shape index (κ1) is 10.7. The number of nitrogens with one attached hydrogen (secondary N) is 1. The summed E-state index contributed by atoms with van der Waals surface area (Å²) in [6.45, 7) is 2.04. The molecule has 3 rings (SSSR count). The average molecular weight is 240 g/mol. The summed E-state index contributed by atoms with van der Waals surface area (Å²) in [6, 6.07) is 7.59. The molecule has 3 aromatic rings. The highest BCUT2D eigenvalue weighted by Crippen LogP contribution is 2.23. The third-order valence-corrected chi connectivity index (χ3v) is 2.70. The summed E-state index contributed by atoms with van der Waals surface area (Å²) in [7, 11) is 0. The first-order chi connectivity index (χ1) is 8.85. The molecule has 0 aliphatic carbocycles. The number of hydrogen-bond donors (Lipinski definition) is 1. The Morgan fingerprint density at radius 3 is 3.06 bits per heavy atom. The summed E-state index contributed by atoms with van der Waals surface area (Å²) >= 11 is 0. The lowest BCUT2D eigenvalue weighted by Crippen LogP contribution is -1.92. The van der Waals surface area contributed by atoms with Crippen molar-refractivity contribution in [3.63, 3.8) is 0 Å². The molecule has 0 atom stereocenters. The Bertz CT molecular complexity index is 677. The smallest absolute Gasteiger partial charge is 0.222 e. The molecular weight excluding hydrogens is 228 g/mol. The van der Waals surface area contributed by atoms with Gasteiger partial charge in [-0.05, 0) is 18.6 Å². The lowest BCUT2D eigenvalue weighted by atomic mass is 10.2. The van der Waals surface area contributed by atoms with E-state index in [9.17, 15) is 0 Å². The zero-order valence-electron chi connectivity index (χ0n) is 9.92. The highest BCUT2D eigenvalue weighted by Gasteiger charge is 2.02. The molecule has 5 heteroatoms. The highest BCUT2D eigenvalue weighted by molar-refractivity contribution is 5.79. The molecule has 0 amide bonds. The molecule has 0 aliphatic rings. The van der Waals surface area contributed by atoms with Gasteiger partial charge in [-0.25, -0.2) is 9.97 Å². The lowest BCUT2D eigenvalue weighted by Gasteiger charge is -2.05. The van der Waals surface area contributed by atoms with Crippen LogP contribution in [0.2, 0.25) is 0 Å². The van der Waals surface area contributed by atoms with E-state index >= 15 is 0 Å². The number of nitrogens with zero attached hydrogens (tertiary/aromatic N) is 3. The van der Waals surface area contributed by atoms with Crippen LogP contribution in [0.25, 0.3) is 10.9 Å². The molecule has 0 radical (unpaired) electrons. The van der Waals surface area contributed by atoms with E-state index in [4.69, 9.17) is 4.74 Å². The molecule has 0 saturated heterocycles. The first-order valence-corrected chi connectivity index (χ1v) is 5.77. The molecular formula is C13H12N4O. The van der Waals surface area contributed by atoms with E-state index in [1.54, 1.807) is 6.20 Å². The number of benzene rings is 1. The summed E-state index contributed by atoms with van der Waals surface area (Å²) in [5.41, 5.74) is 1.90. The minimum Gasteiger partial charge on any atom is -0.439 e. The van der Waals surface area contributed by atoms with Crippen LogP contribution in [0.4, 0.5) is 0 Å². The Morgan fingerprint density at radius 1 is 1.22 bits per heavy atom. The van der Waals surface area contributed by atoms with E-state index in [1.807, 2.05) is 31.2 Å². The molecule has 1 aromatic carbocycles. The van der Waals surface area contributed by atoms with E-state index in [0.29, 0.717) is 5.88 Å². The van der Waals surface area contributed by atoms with Gasteiger partial charge >= 0.3 is 0 Å². The standard InChI is InChI=1S/C13H12N4O/c1-2-10-5-13(15-8-14-10)18-11-4-3-9-7-16-17-12(9)6-11/h3-8H,2H2,1H3,(H,16,17). The first-order valence-electron chi connectivity index (χ1n) is 5.77. The largest absolute Gasteiger partial charge is 0.439 e. The van der Waals surface area contributed by atoms with E-state index < -0.39 is 0 Å². The minimum absolute atomic E-state index is 0.556. The Morgan fingerprint density at radius 2 is 2.17 bits per heavy atom. The van der Waals surface area contributed by atoms with Crippen LogP contribution in [0.3, 0.4) is 0 Å². The zero-order valence-corrected chi connectivity index (χ0v) is 9.92. The number of fused-ring (bicyclic) bond motifs is 1. The summed E-state index contributed by atoms with van der Waals surface area (Å²) in [5, 5.41) is 7.93. The minimum atomic E-state index is 0.556. The van der Waals surface area contributed by atoms with E-state index in [1.165, 1.54) is 6.33 Å². The Hall–Kier alpha value is -2.43. The maximum atomic E-state index is 5.70. The molecule has 5 nitrogen and oxygen atoms in total. The number of aromatic nitrogens is 4. The van der Waals surface area contributed by atoms with Gasteiger partial charge in [0.05, 0.1) is 11.7 Å². The summed E-state index contributed by atoms with van der Waals surface area (Å²) in [5.74, 6) is 1.29. The van der Waals surface area contributed by atoms with Crippen LogP contribution in [-0.4, -0.2) is 20.2 Å². The maximum Gasteiger partial charge on any atom is 0.222 e. The van der Waals surface area contributed by atoms with Gasteiger partial charge < -0.3 is 4.74 Å². The predicted octanol–water partition coefficient (Wildman–Crippen LogP) is 2.71. The van der Waals surface area contributed by atoms with Crippen LogP contribution >= 0.6 is 0 Å². The van der Waals surface area contributed by atoms with Gasteiger partial charge in [-0.15, -0.1) is 0 Å². The predicted molar refractivity (Wildman–Crippen MR) is 67.6 cm³/mol. The third kappa shape index (κ3) is 2.02. The van der Waals surface area contributed by atoms with E-state index in [2.05, 4.69) is 20.2 Å². The number of ether oxygens (including phenoxy) is 1. The molecule has 2 heterocycles. The van der Waals surface area contributed by atoms with Gasteiger partial charge in [0.2, 0.25) is 5.88 Å². The normalized spacial score (nSPS) is 10.7. The van der Waals surface area contributed by atoms with Crippen molar-refractivity contribution in [3.05, 3.63) is 42.5 Å². The molecule has 90 valence electrons. The summed E-state index contributed by atoms with van der Waals surface area (Å²) in [4.78, 5) is 8.23. The Kier molecular flexibility index (Phi) is 2.64. The SMILES string of the molecule is CCc1cc(Oc2ccc3cn[nH]c3c2)ncn1. The van der Waals surface area contributed by atoms with Crippen LogP contribution in [0.5, 0.6) is 11.6 Å². The van der Waals surface area contributed by atoms with Crippen molar-refractivity contribution < 1.29 is 4.74 Å². The molecule has 0 spiro atoms. The second kappa shape index (κ2) is 4.44. The fourth-order valence-corrected chi connectivity index (χ4v) is 1.73. The lowest BCUT2D eigenvalue weighted by molar-refractivity contribution is 0.461. The Labute approximate surface area is 104 Å². The van der Waals surface area contributed by atoms with Crippen molar-refractivity contribution in [2.24, 2.45) is 0 Å². The van der Waals surface area contributed by atoms with Crippen LogP contribution in [0.15, 0.2) is 36.8 Å². The second-order valence-corrected chi connectivity index (χ2v) is 3.92. The highest BCUT2D eigenvalue weighted by atomic mass is 16.5. The number of hydrogen-bond acceptors (Lipinski definition) is 4. The number of aromatic amines is 1. The number of rotatable bonds is 3. The molecule has 2 aromatic heterocycles. The third-order valence-electron chi connectivity index (χ3n) is 2.70. The Balaban J connectivity index is 1.90. The molecule has 0 fully saturated rings. The number of H-pyrrole nitrogens is 1. The maximum absolute atomic E-state index is 5.70. The van der Waals surface area contributed by atoms with Crippen molar-refractivity contribution in [1.82, 2.24) is 20.2 Å². The molecule has 0 saturated carbocycles. The summed E-state index contributed by atoms with van der Waals surface area (Å²) in [6.07, 6.45) is 4.15. The molecule has 0 aliphatic heterocycles. The summed E-state index contributed by atoms with van der Waals surface area (Å²) < 4.78 is 5.70. The van der Waals surface area contributed by atoms with Crippen LogP contribution < -0.4 is 4.74 Å². The fourth-order valence-electron chi connectivity index (χ4n) is 1.73. The molecule has 0 bridgehead atoms. The van der Waals surface area contributed by atoms with Crippen molar-refractivity contribution in [2.75, 3.05) is 0 Å². The van der Waals surface area contributed by atoms with Gasteiger partial charge in [0, 0.05) is 23.2 Å². The van der Waals surface area contributed by atoms with E-state index in [0.717, 1.165) is 28.8 Å². The van der Waals surface area contributed by atoms with Crippen molar-refractivity contribution >= 4 is 10.9 Å². The topological polar surface area (TPSA) is 63.7 Å². The average Bonchev–Trinajstić information content (AvgIpc) is 2.86. The quantitative estimate of drug-likeness (QED) is 0.764. The molecule has 0 unspecified atom stereocenters. The van der Waals surface area contributed by atoms with Crippen LogP contribution in [0, 0.1) is 0 Å². The molecule has 1 N–H and O–H groups in total. The van der Waals surface area contributed by atoms with Gasteiger partial charge in [0.25, 0.3) is 0 Å². The fraction of sp³-hybridized carbons (Fsp3) is 0.154. The van der Waals surface area contributed by atoms with Crippen molar-refractivity contribution in [2.45, 2.75) is 13.3 Å². The van der Waals surface area contributed by atoms with Gasteiger partial charge in [0.15, 0.2) is 0 Å². The molecule has 18 heavy (non-hydrogen) atoms. The monoisotopic (exact) mass is 240 g/mol. The van der Waals surface area contributed by atoms with Gasteiger partial charge in [-0.2, -0.15) is 5.10 Å². The van der Waals surface area contributed by atoms with Gasteiger partial charge in [-0.1, -0.05) is 6.92 Å². The van der Waals surface area contributed by atoms with Crippen LogP contribution in [0.1, 0.15) is 12.6 Å². The zero-order chi connectivity index (χ0) is 12.4. The number of aryl methyl sites for hydroxylation is 1. The van der Waals surface area contributed by atoms with Crippen molar-refractivity contribution in [1.29, 1.82) is 0 Å².